The summed E-state index contributed by atoms with van der Waals surface area (Å²) in [6, 6.07) is 1.65. The molecule has 0 amide bonds. The highest BCUT2D eigenvalue weighted by Gasteiger charge is 2.11. The Bertz CT molecular complexity index is 336. The molecular formula is C8H8BrNO2. The van der Waals surface area contributed by atoms with Crippen LogP contribution in [0, 0.1) is 6.92 Å². The second-order valence-corrected chi connectivity index (χ2v) is 3.35. The highest BCUT2D eigenvalue weighted by molar-refractivity contribution is 9.10. The van der Waals surface area contributed by atoms with Crippen LogP contribution < -0.4 is 0 Å². The molecule has 0 saturated heterocycles. The minimum Gasteiger partial charge on any atom is -0.504 e. The van der Waals surface area contributed by atoms with Gasteiger partial charge in [0, 0.05) is 12.6 Å². The predicted molar refractivity (Wildman–Crippen MR) is 48.3 cm³/mol. The minimum atomic E-state index is -0.239. The van der Waals surface area contributed by atoms with E-state index in [1.54, 1.807) is 13.0 Å². The van der Waals surface area contributed by atoms with Gasteiger partial charge in [0.15, 0.2) is 11.5 Å². The van der Waals surface area contributed by atoms with Crippen molar-refractivity contribution in [2.24, 2.45) is 0 Å². The Kier molecular flexibility index (Phi) is 2.47. The quantitative estimate of drug-likeness (QED) is 0.751. The van der Waals surface area contributed by atoms with E-state index in [0.29, 0.717) is 10.2 Å². The van der Waals surface area contributed by atoms with Gasteiger partial charge in [-0.1, -0.05) is 0 Å². The minimum absolute atomic E-state index is 0.0897. The monoisotopic (exact) mass is 229 g/mol. The van der Waals surface area contributed by atoms with Gasteiger partial charge in [0.2, 0.25) is 0 Å². The Morgan fingerprint density at radius 1 is 1.67 bits per heavy atom. The molecule has 0 aliphatic heterocycles. The number of halogens is 1. The maximum atomic E-state index is 10.9. The third-order valence-electron chi connectivity index (χ3n) is 1.41. The summed E-state index contributed by atoms with van der Waals surface area (Å²) in [5.41, 5.74) is 0.812. The van der Waals surface area contributed by atoms with Gasteiger partial charge in [0.05, 0.1) is 4.47 Å². The molecule has 12 heavy (non-hydrogen) atoms. The Morgan fingerprint density at radius 3 is 2.75 bits per heavy atom. The van der Waals surface area contributed by atoms with Gasteiger partial charge in [-0.05, 0) is 28.9 Å². The highest BCUT2D eigenvalue weighted by atomic mass is 79.9. The largest absolute Gasteiger partial charge is 0.504 e. The van der Waals surface area contributed by atoms with Gasteiger partial charge in [-0.3, -0.25) is 4.79 Å². The normalized spacial score (nSPS) is 9.92. The van der Waals surface area contributed by atoms with Crippen LogP contribution in [-0.4, -0.2) is 15.9 Å². The zero-order valence-electron chi connectivity index (χ0n) is 6.76. The standard InChI is InChI=1S/C8H8BrNO2/c1-4-3-6(9)8(12)7(10-4)5(2)11/h3,12H,1-2H3. The molecule has 1 aromatic heterocycles. The third kappa shape index (κ3) is 1.64. The lowest BCUT2D eigenvalue weighted by molar-refractivity contribution is 0.101. The maximum absolute atomic E-state index is 10.9. The Morgan fingerprint density at radius 2 is 2.25 bits per heavy atom. The van der Waals surface area contributed by atoms with E-state index in [0.717, 1.165) is 0 Å². The third-order valence-corrected chi connectivity index (χ3v) is 2.01. The summed E-state index contributed by atoms with van der Waals surface area (Å²) in [5, 5.41) is 9.36. The maximum Gasteiger partial charge on any atom is 0.181 e. The number of rotatable bonds is 1. The lowest BCUT2D eigenvalue weighted by Gasteiger charge is -2.02. The number of nitrogens with zero attached hydrogens (tertiary/aromatic N) is 1. The fourth-order valence-electron chi connectivity index (χ4n) is 0.872. The molecule has 0 unspecified atom stereocenters. The van der Waals surface area contributed by atoms with E-state index in [4.69, 9.17) is 0 Å². The van der Waals surface area contributed by atoms with Crippen LogP contribution in [0.2, 0.25) is 0 Å². The van der Waals surface area contributed by atoms with Crippen molar-refractivity contribution in [3.63, 3.8) is 0 Å². The first-order valence-electron chi connectivity index (χ1n) is 3.39. The van der Waals surface area contributed by atoms with Crippen LogP contribution in [0.4, 0.5) is 0 Å². The second kappa shape index (κ2) is 3.23. The van der Waals surface area contributed by atoms with E-state index < -0.39 is 0 Å². The summed E-state index contributed by atoms with van der Waals surface area (Å²) >= 11 is 3.12. The van der Waals surface area contributed by atoms with Crippen molar-refractivity contribution in [1.29, 1.82) is 0 Å². The molecule has 0 aromatic carbocycles. The van der Waals surface area contributed by atoms with Crippen molar-refractivity contribution in [3.05, 3.63) is 21.9 Å². The fraction of sp³-hybridized carbons (Fsp3) is 0.250. The first-order valence-corrected chi connectivity index (χ1v) is 4.18. The Balaban J connectivity index is 3.37. The van der Waals surface area contributed by atoms with Gasteiger partial charge in [0.25, 0.3) is 0 Å². The van der Waals surface area contributed by atoms with Crippen molar-refractivity contribution in [2.75, 3.05) is 0 Å². The van der Waals surface area contributed by atoms with E-state index in [1.165, 1.54) is 6.92 Å². The van der Waals surface area contributed by atoms with Crippen LogP contribution in [0.15, 0.2) is 10.5 Å². The molecule has 1 rings (SSSR count). The summed E-state index contributed by atoms with van der Waals surface area (Å²) < 4.78 is 0.500. The van der Waals surface area contributed by atoms with Gasteiger partial charge in [-0.2, -0.15) is 0 Å². The van der Waals surface area contributed by atoms with Crippen molar-refractivity contribution < 1.29 is 9.90 Å². The number of aromatic hydroxyl groups is 1. The molecule has 1 N–H and O–H groups in total. The number of pyridine rings is 1. The van der Waals surface area contributed by atoms with Gasteiger partial charge in [-0.15, -0.1) is 0 Å². The summed E-state index contributed by atoms with van der Waals surface area (Å²) in [6.45, 7) is 3.13. The second-order valence-electron chi connectivity index (χ2n) is 2.50. The molecular weight excluding hydrogens is 222 g/mol. The molecule has 0 saturated carbocycles. The molecule has 3 nitrogen and oxygen atoms in total. The van der Waals surface area contributed by atoms with Crippen LogP contribution in [0.5, 0.6) is 5.75 Å². The number of aromatic nitrogens is 1. The zero-order valence-corrected chi connectivity index (χ0v) is 8.34. The molecule has 1 heterocycles. The van der Waals surface area contributed by atoms with Crippen molar-refractivity contribution >= 4 is 21.7 Å². The van der Waals surface area contributed by atoms with E-state index in [1.807, 2.05) is 0 Å². The average molecular weight is 230 g/mol. The molecule has 1 aromatic rings. The van der Waals surface area contributed by atoms with E-state index >= 15 is 0 Å². The number of ketones is 1. The predicted octanol–water partition coefficient (Wildman–Crippen LogP) is 2.06. The average Bonchev–Trinajstić information content (AvgIpc) is 1.96. The first-order chi connectivity index (χ1) is 5.52. The number of aryl methyl sites for hydroxylation is 1. The van der Waals surface area contributed by atoms with Gasteiger partial charge >= 0.3 is 0 Å². The zero-order chi connectivity index (χ0) is 9.30. The van der Waals surface area contributed by atoms with Crippen molar-refractivity contribution in [1.82, 2.24) is 4.98 Å². The van der Waals surface area contributed by atoms with Crippen LogP contribution in [0.1, 0.15) is 23.1 Å². The van der Waals surface area contributed by atoms with Crippen LogP contribution in [0.3, 0.4) is 0 Å². The van der Waals surface area contributed by atoms with Crippen LogP contribution >= 0.6 is 15.9 Å². The molecule has 0 atom stereocenters. The lowest BCUT2D eigenvalue weighted by Crippen LogP contribution is -1.99. The molecule has 64 valence electrons. The van der Waals surface area contributed by atoms with Crippen LogP contribution in [0.25, 0.3) is 0 Å². The highest BCUT2D eigenvalue weighted by Crippen LogP contribution is 2.27. The van der Waals surface area contributed by atoms with Gasteiger partial charge in [0.1, 0.15) is 5.69 Å². The number of hydrogen-bond donors (Lipinski definition) is 1. The molecule has 4 heteroatoms. The molecule has 0 spiro atoms. The lowest BCUT2D eigenvalue weighted by atomic mass is 10.2. The molecule has 0 bridgehead atoms. The summed E-state index contributed by atoms with van der Waals surface area (Å²) in [4.78, 5) is 14.8. The Hall–Kier alpha value is -0.900. The summed E-state index contributed by atoms with van der Waals surface area (Å²) in [6.07, 6.45) is 0. The Labute approximate surface area is 78.6 Å². The number of Topliss-reactive ketones (excluding diaryl/α,β-unsaturated/α-hetero) is 1. The molecule has 0 aliphatic carbocycles. The van der Waals surface area contributed by atoms with Gasteiger partial charge < -0.3 is 5.11 Å². The van der Waals surface area contributed by atoms with Crippen molar-refractivity contribution in [3.8, 4) is 5.75 Å². The number of hydrogen-bond acceptors (Lipinski definition) is 3. The number of carbonyl (C=O) groups excluding carboxylic acids is 1. The first kappa shape index (κ1) is 9.19. The number of carbonyl (C=O) groups is 1. The van der Waals surface area contributed by atoms with Crippen molar-refractivity contribution in [2.45, 2.75) is 13.8 Å². The molecule has 0 aliphatic rings. The molecule has 0 fully saturated rings. The van der Waals surface area contributed by atoms with Gasteiger partial charge in [-0.25, -0.2) is 4.98 Å². The molecule has 0 radical (unpaired) electrons. The smallest absolute Gasteiger partial charge is 0.181 e. The van der Waals surface area contributed by atoms with Crippen LogP contribution in [-0.2, 0) is 0 Å². The fourth-order valence-corrected chi connectivity index (χ4v) is 1.39. The SMILES string of the molecule is CC(=O)c1nc(C)cc(Br)c1O. The topological polar surface area (TPSA) is 50.2 Å². The van der Waals surface area contributed by atoms with E-state index in [2.05, 4.69) is 20.9 Å². The summed E-state index contributed by atoms with van der Waals surface area (Å²) in [5.74, 6) is -0.329. The summed E-state index contributed by atoms with van der Waals surface area (Å²) in [7, 11) is 0. The van der Waals surface area contributed by atoms with E-state index in [9.17, 15) is 9.90 Å². The van der Waals surface area contributed by atoms with E-state index in [-0.39, 0.29) is 17.2 Å².